The van der Waals surface area contributed by atoms with Crippen LogP contribution in [-0.4, -0.2) is 32.8 Å². The minimum atomic E-state index is -0.575. The van der Waals surface area contributed by atoms with Crippen molar-refractivity contribution in [2.24, 2.45) is 5.73 Å². The standard InChI is InChI=1S/C11H13N5O2/c1-7(12)9-4-3-8(5-13-9)16-6-14-10(15-16)11(17)18-2/h3-7H,12H2,1-2H3/t7-/m1/s1. The molecular formula is C11H13N5O2. The maximum Gasteiger partial charge on any atom is 0.377 e. The van der Waals surface area contributed by atoms with Crippen LogP contribution in [0.2, 0.25) is 0 Å². The van der Waals surface area contributed by atoms with Gasteiger partial charge in [-0.3, -0.25) is 4.98 Å². The molecule has 0 unspecified atom stereocenters. The van der Waals surface area contributed by atoms with E-state index in [0.717, 1.165) is 5.69 Å². The summed E-state index contributed by atoms with van der Waals surface area (Å²) in [6.45, 7) is 1.85. The number of carbonyl (C=O) groups is 1. The van der Waals surface area contributed by atoms with Crippen molar-refractivity contribution in [3.63, 3.8) is 0 Å². The number of nitrogens with two attached hydrogens (primary N) is 1. The minimum Gasteiger partial charge on any atom is -0.463 e. The highest BCUT2D eigenvalue weighted by Gasteiger charge is 2.12. The lowest BCUT2D eigenvalue weighted by Gasteiger charge is -2.05. The molecule has 0 aromatic carbocycles. The Balaban J connectivity index is 2.26. The number of rotatable bonds is 3. The Morgan fingerprint density at radius 1 is 1.44 bits per heavy atom. The highest BCUT2D eigenvalue weighted by molar-refractivity contribution is 5.84. The smallest absolute Gasteiger partial charge is 0.377 e. The summed E-state index contributed by atoms with van der Waals surface area (Å²) in [5.74, 6) is -0.567. The predicted octanol–water partition coefficient (Wildman–Crippen LogP) is 0.469. The fourth-order valence-corrected chi connectivity index (χ4v) is 1.37. The highest BCUT2D eigenvalue weighted by atomic mass is 16.5. The SMILES string of the molecule is COC(=O)c1ncn(-c2ccc([C@@H](C)N)nc2)n1. The van der Waals surface area contributed by atoms with Gasteiger partial charge in [0.25, 0.3) is 5.82 Å². The lowest BCUT2D eigenvalue weighted by Crippen LogP contribution is -2.08. The molecule has 0 bridgehead atoms. The molecule has 2 aromatic rings. The zero-order valence-electron chi connectivity index (χ0n) is 10.1. The molecule has 2 rings (SSSR count). The van der Waals surface area contributed by atoms with Crippen LogP contribution in [-0.2, 0) is 4.74 Å². The highest BCUT2D eigenvalue weighted by Crippen LogP contribution is 2.10. The van der Waals surface area contributed by atoms with Gasteiger partial charge in [0, 0.05) is 6.04 Å². The van der Waals surface area contributed by atoms with Crippen molar-refractivity contribution in [2.45, 2.75) is 13.0 Å². The summed E-state index contributed by atoms with van der Waals surface area (Å²) in [5.41, 5.74) is 7.19. The van der Waals surface area contributed by atoms with Crippen LogP contribution >= 0.6 is 0 Å². The second kappa shape index (κ2) is 4.92. The molecule has 1 atom stereocenters. The number of aromatic nitrogens is 4. The van der Waals surface area contributed by atoms with E-state index in [1.807, 2.05) is 6.92 Å². The van der Waals surface area contributed by atoms with E-state index in [1.54, 1.807) is 18.3 Å². The zero-order chi connectivity index (χ0) is 13.1. The first kappa shape index (κ1) is 12.2. The van der Waals surface area contributed by atoms with Crippen molar-refractivity contribution in [3.8, 4) is 5.69 Å². The van der Waals surface area contributed by atoms with E-state index in [1.165, 1.54) is 18.1 Å². The Morgan fingerprint density at radius 3 is 2.78 bits per heavy atom. The molecule has 94 valence electrons. The van der Waals surface area contributed by atoms with Gasteiger partial charge in [-0.25, -0.2) is 14.5 Å². The Kier molecular flexibility index (Phi) is 3.33. The van der Waals surface area contributed by atoms with Crippen molar-refractivity contribution in [3.05, 3.63) is 36.2 Å². The van der Waals surface area contributed by atoms with Gasteiger partial charge < -0.3 is 10.5 Å². The van der Waals surface area contributed by atoms with Gasteiger partial charge in [0.15, 0.2) is 0 Å². The van der Waals surface area contributed by atoms with E-state index < -0.39 is 5.97 Å². The summed E-state index contributed by atoms with van der Waals surface area (Å²) in [6.07, 6.45) is 3.04. The molecule has 7 heteroatoms. The second-order valence-corrected chi connectivity index (χ2v) is 3.73. The normalized spacial score (nSPS) is 12.2. The van der Waals surface area contributed by atoms with Gasteiger partial charge in [0.1, 0.15) is 6.33 Å². The van der Waals surface area contributed by atoms with Crippen LogP contribution in [0.4, 0.5) is 0 Å². The van der Waals surface area contributed by atoms with Crippen molar-refractivity contribution in [1.29, 1.82) is 0 Å². The Hall–Kier alpha value is -2.28. The number of pyridine rings is 1. The summed E-state index contributed by atoms with van der Waals surface area (Å²) >= 11 is 0. The molecule has 0 fully saturated rings. The van der Waals surface area contributed by atoms with Crippen molar-refractivity contribution in [1.82, 2.24) is 19.7 Å². The number of ether oxygens (including phenoxy) is 1. The third-order valence-electron chi connectivity index (χ3n) is 2.36. The second-order valence-electron chi connectivity index (χ2n) is 3.73. The van der Waals surface area contributed by atoms with E-state index in [9.17, 15) is 4.79 Å². The van der Waals surface area contributed by atoms with Crippen LogP contribution in [0.1, 0.15) is 29.3 Å². The zero-order valence-corrected chi connectivity index (χ0v) is 10.1. The first-order valence-corrected chi connectivity index (χ1v) is 5.33. The fraction of sp³-hybridized carbons (Fsp3) is 0.273. The van der Waals surface area contributed by atoms with Crippen LogP contribution in [0.3, 0.4) is 0 Å². The first-order valence-electron chi connectivity index (χ1n) is 5.33. The van der Waals surface area contributed by atoms with E-state index in [4.69, 9.17) is 5.73 Å². The first-order chi connectivity index (χ1) is 8.61. The van der Waals surface area contributed by atoms with Gasteiger partial charge in [-0.05, 0) is 19.1 Å². The predicted molar refractivity (Wildman–Crippen MR) is 63.1 cm³/mol. The van der Waals surface area contributed by atoms with E-state index >= 15 is 0 Å². The number of methoxy groups -OCH3 is 1. The summed E-state index contributed by atoms with van der Waals surface area (Å²) < 4.78 is 5.98. The summed E-state index contributed by atoms with van der Waals surface area (Å²) in [4.78, 5) is 19.3. The molecule has 2 heterocycles. The number of esters is 1. The summed E-state index contributed by atoms with van der Waals surface area (Å²) in [7, 11) is 1.28. The van der Waals surface area contributed by atoms with Crippen molar-refractivity contribution in [2.75, 3.05) is 7.11 Å². The summed E-state index contributed by atoms with van der Waals surface area (Å²) in [6, 6.07) is 3.49. The van der Waals surface area contributed by atoms with Gasteiger partial charge in [-0.1, -0.05) is 0 Å². The molecule has 0 radical (unpaired) electrons. The van der Waals surface area contributed by atoms with E-state index in [-0.39, 0.29) is 11.9 Å². The molecule has 0 spiro atoms. The number of hydrogen-bond donors (Lipinski definition) is 1. The lowest BCUT2D eigenvalue weighted by molar-refractivity contribution is 0.0587. The van der Waals surface area contributed by atoms with Crippen molar-refractivity contribution >= 4 is 5.97 Å². The van der Waals surface area contributed by atoms with Gasteiger partial charge >= 0.3 is 5.97 Å². The Bertz CT molecular complexity index is 547. The average Bonchev–Trinajstić information content (AvgIpc) is 2.87. The van der Waals surface area contributed by atoms with Gasteiger partial charge in [-0.2, -0.15) is 0 Å². The molecule has 0 saturated carbocycles. The van der Waals surface area contributed by atoms with E-state index in [2.05, 4.69) is 19.8 Å². The molecule has 2 N–H and O–H groups in total. The van der Waals surface area contributed by atoms with Crippen LogP contribution < -0.4 is 5.73 Å². The maximum atomic E-state index is 11.2. The number of nitrogens with zero attached hydrogens (tertiary/aromatic N) is 4. The van der Waals surface area contributed by atoms with Crippen LogP contribution in [0.15, 0.2) is 24.7 Å². The third kappa shape index (κ3) is 2.35. The molecule has 0 amide bonds. The average molecular weight is 247 g/mol. The molecule has 2 aromatic heterocycles. The van der Waals surface area contributed by atoms with Gasteiger partial charge in [0.2, 0.25) is 0 Å². The molecule has 0 aliphatic heterocycles. The molecule has 0 aliphatic rings. The Morgan fingerprint density at radius 2 is 2.22 bits per heavy atom. The molecule has 0 aliphatic carbocycles. The molecule has 18 heavy (non-hydrogen) atoms. The number of carbonyl (C=O) groups excluding carboxylic acids is 1. The van der Waals surface area contributed by atoms with Gasteiger partial charge in [-0.15, -0.1) is 5.10 Å². The lowest BCUT2D eigenvalue weighted by atomic mass is 10.2. The summed E-state index contributed by atoms with van der Waals surface area (Å²) in [5, 5.41) is 3.99. The maximum absolute atomic E-state index is 11.2. The fourth-order valence-electron chi connectivity index (χ4n) is 1.37. The molecule has 0 saturated heterocycles. The van der Waals surface area contributed by atoms with Crippen LogP contribution in [0.5, 0.6) is 0 Å². The third-order valence-corrected chi connectivity index (χ3v) is 2.36. The monoisotopic (exact) mass is 247 g/mol. The topological polar surface area (TPSA) is 95.9 Å². The van der Waals surface area contributed by atoms with Crippen molar-refractivity contribution < 1.29 is 9.53 Å². The van der Waals surface area contributed by atoms with Crippen LogP contribution in [0.25, 0.3) is 5.69 Å². The molecule has 7 nitrogen and oxygen atoms in total. The van der Waals surface area contributed by atoms with E-state index in [0.29, 0.717) is 5.69 Å². The van der Waals surface area contributed by atoms with Crippen LogP contribution in [0, 0.1) is 0 Å². The minimum absolute atomic E-state index is 0.00812. The quantitative estimate of drug-likeness (QED) is 0.792. The number of hydrogen-bond acceptors (Lipinski definition) is 6. The Labute approximate surface area is 104 Å². The molecular weight excluding hydrogens is 234 g/mol. The van der Waals surface area contributed by atoms with Gasteiger partial charge in [0.05, 0.1) is 24.7 Å². The largest absolute Gasteiger partial charge is 0.463 e.